The zero-order valence-electron chi connectivity index (χ0n) is 15.9. The standard InChI is InChI=1S/C21H27FN4O/c1-21(26-10-12-27-13-11-26)6-8-25(9-7-21)16-17-14-23-20(24-15-17)18-4-2-3-5-19(18)22/h2-5,14-15H,6-13,16H2,1H3. The van der Waals surface area contributed by atoms with E-state index in [0.717, 1.165) is 51.5 Å². The summed E-state index contributed by atoms with van der Waals surface area (Å²) in [6, 6.07) is 6.62. The molecule has 2 saturated heterocycles. The van der Waals surface area contributed by atoms with Crippen molar-refractivity contribution in [1.82, 2.24) is 19.8 Å². The lowest BCUT2D eigenvalue weighted by Gasteiger charge is -2.48. The Morgan fingerprint density at radius 1 is 1.04 bits per heavy atom. The Morgan fingerprint density at radius 3 is 2.37 bits per heavy atom. The third-order valence-corrected chi connectivity index (χ3v) is 5.93. The van der Waals surface area contributed by atoms with Crippen LogP contribution < -0.4 is 0 Å². The average molecular weight is 370 g/mol. The molecule has 0 unspecified atom stereocenters. The zero-order chi connectivity index (χ0) is 18.7. The number of hydrogen-bond donors (Lipinski definition) is 0. The van der Waals surface area contributed by atoms with Crippen molar-refractivity contribution in [3.05, 3.63) is 48.0 Å². The van der Waals surface area contributed by atoms with E-state index < -0.39 is 0 Å². The Bertz CT molecular complexity index is 753. The van der Waals surface area contributed by atoms with E-state index in [1.807, 2.05) is 12.4 Å². The van der Waals surface area contributed by atoms with Gasteiger partial charge in [-0.15, -0.1) is 0 Å². The highest BCUT2D eigenvalue weighted by Gasteiger charge is 2.36. The van der Waals surface area contributed by atoms with Gasteiger partial charge in [0.05, 0.1) is 18.8 Å². The molecule has 0 spiro atoms. The molecule has 27 heavy (non-hydrogen) atoms. The Balaban J connectivity index is 1.34. The maximum absolute atomic E-state index is 13.9. The van der Waals surface area contributed by atoms with E-state index in [1.54, 1.807) is 18.2 Å². The molecule has 1 aromatic carbocycles. The predicted octanol–water partition coefficient (Wildman–Crippen LogP) is 2.97. The van der Waals surface area contributed by atoms with Crippen LogP contribution in [0.2, 0.25) is 0 Å². The summed E-state index contributed by atoms with van der Waals surface area (Å²) in [5.74, 6) is 0.152. The van der Waals surface area contributed by atoms with Crippen molar-refractivity contribution in [1.29, 1.82) is 0 Å². The number of nitrogens with zero attached hydrogens (tertiary/aromatic N) is 4. The molecule has 0 bridgehead atoms. The van der Waals surface area contributed by atoms with E-state index >= 15 is 0 Å². The molecule has 2 aliphatic rings. The molecule has 2 aliphatic heterocycles. The van der Waals surface area contributed by atoms with E-state index in [9.17, 15) is 4.39 Å². The SMILES string of the molecule is CC1(N2CCOCC2)CCN(Cc2cnc(-c3ccccc3F)nc2)CC1. The molecule has 1 aromatic heterocycles. The van der Waals surface area contributed by atoms with Crippen LogP contribution in [0.15, 0.2) is 36.7 Å². The van der Waals surface area contributed by atoms with Crippen LogP contribution in [0.25, 0.3) is 11.4 Å². The number of hydrogen-bond acceptors (Lipinski definition) is 5. The second kappa shape index (κ2) is 8.00. The maximum atomic E-state index is 13.9. The molecule has 0 atom stereocenters. The summed E-state index contributed by atoms with van der Waals surface area (Å²) in [6.45, 7) is 9.17. The second-order valence-corrected chi connectivity index (χ2v) is 7.77. The van der Waals surface area contributed by atoms with Gasteiger partial charge in [0.15, 0.2) is 5.82 Å². The minimum Gasteiger partial charge on any atom is -0.379 e. The number of ether oxygens (including phenoxy) is 1. The van der Waals surface area contributed by atoms with Crippen LogP contribution in [-0.4, -0.2) is 64.7 Å². The topological polar surface area (TPSA) is 41.5 Å². The monoisotopic (exact) mass is 370 g/mol. The molecular weight excluding hydrogens is 343 g/mol. The quantitative estimate of drug-likeness (QED) is 0.828. The summed E-state index contributed by atoms with van der Waals surface area (Å²) in [7, 11) is 0. The first kappa shape index (κ1) is 18.5. The second-order valence-electron chi connectivity index (χ2n) is 7.77. The Labute approximate surface area is 160 Å². The van der Waals surface area contributed by atoms with Gasteiger partial charge in [-0.1, -0.05) is 12.1 Å². The highest BCUT2D eigenvalue weighted by atomic mass is 19.1. The van der Waals surface area contributed by atoms with Crippen LogP contribution in [0, 0.1) is 5.82 Å². The van der Waals surface area contributed by atoms with Crippen molar-refractivity contribution < 1.29 is 9.13 Å². The van der Waals surface area contributed by atoms with Crippen molar-refractivity contribution >= 4 is 0 Å². The fourth-order valence-corrected chi connectivity index (χ4v) is 4.09. The van der Waals surface area contributed by atoms with Gasteiger partial charge >= 0.3 is 0 Å². The van der Waals surface area contributed by atoms with E-state index in [4.69, 9.17) is 4.74 Å². The molecule has 0 amide bonds. The first-order valence-electron chi connectivity index (χ1n) is 9.75. The number of piperidine rings is 1. The molecule has 2 fully saturated rings. The Kier molecular flexibility index (Phi) is 5.48. The fraction of sp³-hybridized carbons (Fsp3) is 0.524. The van der Waals surface area contributed by atoms with E-state index in [0.29, 0.717) is 11.4 Å². The van der Waals surface area contributed by atoms with Gasteiger partial charge in [-0.25, -0.2) is 14.4 Å². The normalized spacial score (nSPS) is 21.3. The molecule has 4 rings (SSSR count). The molecular formula is C21H27FN4O. The van der Waals surface area contributed by atoms with Crippen molar-refractivity contribution in [2.45, 2.75) is 31.8 Å². The fourth-order valence-electron chi connectivity index (χ4n) is 4.09. The van der Waals surface area contributed by atoms with Crippen LogP contribution in [0.1, 0.15) is 25.3 Å². The van der Waals surface area contributed by atoms with E-state index in [2.05, 4.69) is 26.7 Å². The molecule has 3 heterocycles. The molecule has 0 N–H and O–H groups in total. The Morgan fingerprint density at radius 2 is 1.70 bits per heavy atom. The van der Waals surface area contributed by atoms with E-state index in [-0.39, 0.29) is 11.4 Å². The summed E-state index contributed by atoms with van der Waals surface area (Å²) < 4.78 is 19.4. The molecule has 6 heteroatoms. The number of rotatable bonds is 4. The lowest BCUT2D eigenvalue weighted by atomic mass is 9.87. The van der Waals surface area contributed by atoms with Gasteiger partial charge in [0.25, 0.3) is 0 Å². The average Bonchev–Trinajstić information content (AvgIpc) is 2.72. The van der Waals surface area contributed by atoms with Gasteiger partial charge in [-0.2, -0.15) is 0 Å². The third kappa shape index (κ3) is 4.18. The zero-order valence-corrected chi connectivity index (χ0v) is 15.9. The van der Waals surface area contributed by atoms with Crippen LogP contribution in [0.5, 0.6) is 0 Å². The van der Waals surface area contributed by atoms with Crippen molar-refractivity contribution in [3.8, 4) is 11.4 Å². The molecule has 5 nitrogen and oxygen atoms in total. The van der Waals surface area contributed by atoms with Crippen LogP contribution in [0.3, 0.4) is 0 Å². The number of morpholine rings is 1. The van der Waals surface area contributed by atoms with Crippen molar-refractivity contribution in [3.63, 3.8) is 0 Å². The van der Waals surface area contributed by atoms with Gasteiger partial charge in [0.1, 0.15) is 5.82 Å². The van der Waals surface area contributed by atoms with Gasteiger partial charge in [0, 0.05) is 56.2 Å². The van der Waals surface area contributed by atoms with Crippen LogP contribution >= 0.6 is 0 Å². The summed E-state index contributed by atoms with van der Waals surface area (Å²) in [6.07, 6.45) is 5.98. The smallest absolute Gasteiger partial charge is 0.162 e. The lowest BCUT2D eigenvalue weighted by molar-refractivity contribution is -0.0405. The molecule has 2 aromatic rings. The van der Waals surface area contributed by atoms with Crippen LogP contribution in [-0.2, 0) is 11.3 Å². The first-order valence-corrected chi connectivity index (χ1v) is 9.75. The summed E-state index contributed by atoms with van der Waals surface area (Å²) in [5.41, 5.74) is 1.80. The minimum atomic E-state index is -0.288. The minimum absolute atomic E-state index is 0.283. The number of halogens is 1. The largest absolute Gasteiger partial charge is 0.379 e. The highest BCUT2D eigenvalue weighted by Crippen LogP contribution is 2.30. The third-order valence-electron chi connectivity index (χ3n) is 5.93. The molecule has 0 saturated carbocycles. The first-order chi connectivity index (χ1) is 13.1. The molecule has 0 radical (unpaired) electrons. The van der Waals surface area contributed by atoms with Crippen molar-refractivity contribution in [2.75, 3.05) is 39.4 Å². The van der Waals surface area contributed by atoms with E-state index in [1.165, 1.54) is 18.9 Å². The lowest BCUT2D eigenvalue weighted by Crippen LogP contribution is -2.56. The summed E-state index contributed by atoms with van der Waals surface area (Å²) in [4.78, 5) is 13.8. The number of aromatic nitrogens is 2. The summed E-state index contributed by atoms with van der Waals surface area (Å²) in [5, 5.41) is 0. The van der Waals surface area contributed by atoms with Crippen molar-refractivity contribution in [2.24, 2.45) is 0 Å². The highest BCUT2D eigenvalue weighted by molar-refractivity contribution is 5.55. The Hall–Kier alpha value is -1.89. The van der Waals surface area contributed by atoms with Crippen LogP contribution in [0.4, 0.5) is 4.39 Å². The van der Waals surface area contributed by atoms with Gasteiger partial charge < -0.3 is 4.74 Å². The molecule has 144 valence electrons. The van der Waals surface area contributed by atoms with Gasteiger partial charge in [0.2, 0.25) is 0 Å². The maximum Gasteiger partial charge on any atom is 0.162 e. The predicted molar refractivity (Wildman–Crippen MR) is 103 cm³/mol. The van der Waals surface area contributed by atoms with Gasteiger partial charge in [-0.05, 0) is 31.9 Å². The summed E-state index contributed by atoms with van der Waals surface area (Å²) >= 11 is 0. The van der Waals surface area contributed by atoms with Gasteiger partial charge in [-0.3, -0.25) is 9.80 Å². The number of benzene rings is 1. The molecule has 0 aliphatic carbocycles. The number of likely N-dealkylation sites (tertiary alicyclic amines) is 1.